The van der Waals surface area contributed by atoms with E-state index < -0.39 is 5.97 Å². The lowest BCUT2D eigenvalue weighted by Crippen LogP contribution is -2.04. The van der Waals surface area contributed by atoms with Crippen LogP contribution in [0.1, 0.15) is 27.6 Å². The summed E-state index contributed by atoms with van der Waals surface area (Å²) in [6, 6.07) is 7.72. The lowest BCUT2D eigenvalue weighted by Gasteiger charge is -2.07. The van der Waals surface area contributed by atoms with E-state index in [9.17, 15) is 4.79 Å². The monoisotopic (exact) mass is 260 g/mol. The van der Waals surface area contributed by atoms with Crippen LogP contribution in [0, 0.1) is 6.92 Å². The van der Waals surface area contributed by atoms with Crippen molar-refractivity contribution < 1.29 is 14.6 Å². The van der Waals surface area contributed by atoms with E-state index >= 15 is 0 Å². The molecule has 0 atom stereocenters. The fraction of sp³-hybridized carbons (Fsp3) is 0.286. The molecule has 0 aliphatic rings. The first-order valence-electron chi connectivity index (χ1n) is 6.02. The summed E-state index contributed by atoms with van der Waals surface area (Å²) in [4.78, 5) is 18.0. The van der Waals surface area contributed by atoms with E-state index in [1.54, 1.807) is 14.0 Å². The van der Waals surface area contributed by atoms with Crippen molar-refractivity contribution in [2.45, 2.75) is 19.8 Å². The zero-order valence-electron chi connectivity index (χ0n) is 10.9. The Labute approximate surface area is 111 Å². The summed E-state index contributed by atoms with van der Waals surface area (Å²) in [6.07, 6.45) is 1.29. The smallest absolute Gasteiger partial charge is 0.356 e. The van der Waals surface area contributed by atoms with Crippen LogP contribution in [-0.2, 0) is 12.8 Å². The first kappa shape index (κ1) is 13.1. The minimum atomic E-state index is -1.00. The molecule has 0 amide bonds. The molecule has 19 heavy (non-hydrogen) atoms. The van der Waals surface area contributed by atoms with Crippen molar-refractivity contribution in [3.63, 3.8) is 0 Å². The highest BCUT2D eigenvalue weighted by Gasteiger charge is 2.15. The second kappa shape index (κ2) is 5.56. The maximum absolute atomic E-state index is 11.1. The predicted octanol–water partition coefficient (Wildman–Crippen LogP) is 2.21. The van der Waals surface area contributed by atoms with E-state index in [4.69, 9.17) is 9.84 Å². The lowest BCUT2D eigenvalue weighted by molar-refractivity contribution is 0.0689. The Hall–Kier alpha value is -2.30. The van der Waals surface area contributed by atoms with Crippen molar-refractivity contribution in [3.8, 4) is 5.75 Å². The minimum Gasteiger partial charge on any atom is -0.496 e. The Balaban J connectivity index is 2.16. The normalized spacial score (nSPS) is 10.4. The fourth-order valence-corrected chi connectivity index (χ4v) is 2.07. The van der Waals surface area contributed by atoms with E-state index in [-0.39, 0.29) is 5.69 Å². The molecule has 0 fully saturated rings. The summed E-state index contributed by atoms with van der Waals surface area (Å²) >= 11 is 0. The van der Waals surface area contributed by atoms with Gasteiger partial charge in [-0.25, -0.2) is 9.78 Å². The van der Waals surface area contributed by atoms with E-state index in [0.717, 1.165) is 11.3 Å². The second-order valence-corrected chi connectivity index (χ2v) is 4.27. The molecule has 2 rings (SSSR count). The van der Waals surface area contributed by atoms with Crippen LogP contribution in [0.15, 0.2) is 24.3 Å². The number of methoxy groups -OCH3 is 1. The molecule has 0 bridgehead atoms. The van der Waals surface area contributed by atoms with E-state index in [1.807, 2.05) is 24.3 Å². The maximum atomic E-state index is 11.1. The summed E-state index contributed by atoms with van der Waals surface area (Å²) in [5, 5.41) is 9.07. The summed E-state index contributed by atoms with van der Waals surface area (Å²) in [7, 11) is 1.63. The molecule has 2 N–H and O–H groups in total. The number of ether oxygens (including phenoxy) is 1. The first-order chi connectivity index (χ1) is 9.11. The molecule has 0 radical (unpaired) electrons. The number of carbonyl (C=O) groups is 1. The topological polar surface area (TPSA) is 75.2 Å². The van der Waals surface area contributed by atoms with Crippen molar-refractivity contribution in [1.82, 2.24) is 9.97 Å². The SMILES string of the molecule is COc1ccccc1CCc1[nH]c(C)nc1C(=O)O. The van der Waals surface area contributed by atoms with Crippen molar-refractivity contribution in [2.24, 2.45) is 0 Å². The molecule has 1 aromatic carbocycles. The van der Waals surface area contributed by atoms with Crippen molar-refractivity contribution >= 4 is 5.97 Å². The van der Waals surface area contributed by atoms with Crippen LogP contribution in [0.25, 0.3) is 0 Å². The summed E-state index contributed by atoms with van der Waals surface area (Å²) in [5.41, 5.74) is 1.80. The largest absolute Gasteiger partial charge is 0.496 e. The van der Waals surface area contributed by atoms with Crippen LogP contribution in [0.2, 0.25) is 0 Å². The molecule has 1 aromatic heterocycles. The standard InChI is InChI=1S/C14H16N2O3/c1-9-15-11(13(16-9)14(17)18)8-7-10-5-3-4-6-12(10)19-2/h3-6H,7-8H2,1-2H3,(H,15,16)(H,17,18). The quantitative estimate of drug-likeness (QED) is 0.864. The fourth-order valence-electron chi connectivity index (χ4n) is 2.07. The van der Waals surface area contributed by atoms with Crippen molar-refractivity contribution in [1.29, 1.82) is 0 Å². The number of hydrogen-bond donors (Lipinski definition) is 2. The third-order valence-corrected chi connectivity index (χ3v) is 2.94. The third-order valence-electron chi connectivity index (χ3n) is 2.94. The number of hydrogen-bond acceptors (Lipinski definition) is 3. The predicted molar refractivity (Wildman–Crippen MR) is 70.7 cm³/mol. The van der Waals surface area contributed by atoms with Crippen LogP contribution < -0.4 is 4.74 Å². The zero-order valence-corrected chi connectivity index (χ0v) is 10.9. The van der Waals surface area contributed by atoms with E-state index in [1.165, 1.54) is 0 Å². The molecule has 0 spiro atoms. The van der Waals surface area contributed by atoms with Crippen LogP contribution in [-0.4, -0.2) is 28.2 Å². The van der Waals surface area contributed by atoms with Gasteiger partial charge in [-0.15, -0.1) is 0 Å². The van der Waals surface area contributed by atoms with Gasteiger partial charge < -0.3 is 14.8 Å². The molecule has 0 saturated carbocycles. The number of nitrogens with zero attached hydrogens (tertiary/aromatic N) is 1. The number of aryl methyl sites for hydroxylation is 3. The molecule has 0 saturated heterocycles. The minimum absolute atomic E-state index is 0.104. The molecule has 100 valence electrons. The number of aromatic nitrogens is 2. The summed E-state index contributed by atoms with van der Waals surface area (Å²) in [6.45, 7) is 1.75. The van der Waals surface area contributed by atoms with Gasteiger partial charge in [0.25, 0.3) is 0 Å². The van der Waals surface area contributed by atoms with Gasteiger partial charge in [-0.3, -0.25) is 0 Å². The van der Waals surface area contributed by atoms with Crippen LogP contribution >= 0.6 is 0 Å². The number of carboxylic acid groups (broad SMARTS) is 1. The highest BCUT2D eigenvalue weighted by Crippen LogP contribution is 2.20. The van der Waals surface area contributed by atoms with Crippen LogP contribution in [0.4, 0.5) is 0 Å². The number of carboxylic acids is 1. The molecule has 1 heterocycles. The Kier molecular flexibility index (Phi) is 3.85. The van der Waals surface area contributed by atoms with Gasteiger partial charge in [0.15, 0.2) is 5.69 Å². The Bertz CT molecular complexity index is 590. The number of benzene rings is 1. The van der Waals surface area contributed by atoms with Gasteiger partial charge in [-0.2, -0.15) is 0 Å². The zero-order chi connectivity index (χ0) is 13.8. The average Bonchev–Trinajstić information content (AvgIpc) is 2.78. The summed E-state index contributed by atoms with van der Waals surface area (Å²) < 4.78 is 5.27. The second-order valence-electron chi connectivity index (χ2n) is 4.27. The van der Waals surface area contributed by atoms with Gasteiger partial charge in [-0.1, -0.05) is 18.2 Å². The number of para-hydroxylation sites is 1. The molecule has 0 aliphatic heterocycles. The van der Waals surface area contributed by atoms with E-state index in [2.05, 4.69) is 9.97 Å². The molecule has 5 heteroatoms. The van der Waals surface area contributed by atoms with Crippen molar-refractivity contribution in [3.05, 3.63) is 47.0 Å². The number of nitrogens with one attached hydrogen (secondary N) is 1. The summed E-state index contributed by atoms with van der Waals surface area (Å²) in [5.74, 6) is 0.433. The molecular formula is C14H16N2O3. The molecule has 5 nitrogen and oxygen atoms in total. The Morgan fingerprint density at radius 2 is 2.11 bits per heavy atom. The van der Waals surface area contributed by atoms with Gasteiger partial charge in [0.2, 0.25) is 0 Å². The number of aromatic amines is 1. The number of imidazole rings is 1. The first-order valence-corrected chi connectivity index (χ1v) is 6.02. The average molecular weight is 260 g/mol. The lowest BCUT2D eigenvalue weighted by atomic mass is 10.1. The van der Waals surface area contributed by atoms with Gasteiger partial charge in [-0.05, 0) is 31.4 Å². The molecule has 2 aromatic rings. The van der Waals surface area contributed by atoms with Gasteiger partial charge in [0.05, 0.1) is 12.8 Å². The number of rotatable bonds is 5. The maximum Gasteiger partial charge on any atom is 0.356 e. The van der Waals surface area contributed by atoms with Gasteiger partial charge >= 0.3 is 5.97 Å². The van der Waals surface area contributed by atoms with Gasteiger partial charge in [0.1, 0.15) is 11.6 Å². The number of aromatic carboxylic acids is 1. The van der Waals surface area contributed by atoms with E-state index in [0.29, 0.717) is 24.4 Å². The third kappa shape index (κ3) is 2.93. The number of H-pyrrole nitrogens is 1. The van der Waals surface area contributed by atoms with Crippen molar-refractivity contribution in [2.75, 3.05) is 7.11 Å². The highest BCUT2D eigenvalue weighted by atomic mass is 16.5. The molecular weight excluding hydrogens is 244 g/mol. The van der Waals surface area contributed by atoms with Crippen LogP contribution in [0.3, 0.4) is 0 Å². The Morgan fingerprint density at radius 3 is 2.79 bits per heavy atom. The molecule has 0 aliphatic carbocycles. The van der Waals surface area contributed by atoms with Gasteiger partial charge in [0, 0.05) is 0 Å². The Morgan fingerprint density at radius 1 is 1.37 bits per heavy atom. The highest BCUT2D eigenvalue weighted by molar-refractivity contribution is 5.86. The molecule has 0 unspecified atom stereocenters. The van der Waals surface area contributed by atoms with Crippen LogP contribution in [0.5, 0.6) is 5.75 Å².